The summed E-state index contributed by atoms with van der Waals surface area (Å²) in [6.07, 6.45) is 6.35. The number of rotatable bonds is 8. The zero-order valence-corrected chi connectivity index (χ0v) is 24.4. The smallest absolute Gasteiger partial charge is 0.264 e. The highest BCUT2D eigenvalue weighted by atomic mass is 32.2. The molecule has 0 unspecified atom stereocenters. The van der Waals surface area contributed by atoms with Gasteiger partial charge in [0.2, 0.25) is 0 Å². The van der Waals surface area contributed by atoms with Crippen molar-refractivity contribution in [2.24, 2.45) is 0 Å². The first-order valence-electron chi connectivity index (χ1n) is 14.0. The molecule has 43 heavy (non-hydrogen) atoms. The Bertz CT molecular complexity index is 1850. The Kier molecular flexibility index (Phi) is 7.65. The first kappa shape index (κ1) is 29.1. The van der Waals surface area contributed by atoms with E-state index in [0.29, 0.717) is 29.5 Å². The molecule has 1 saturated heterocycles. The minimum absolute atomic E-state index is 0.0800. The third-order valence-electron chi connectivity index (χ3n) is 7.76. The maximum atomic E-state index is 15.7. The average molecular weight is 613 g/mol. The van der Waals surface area contributed by atoms with E-state index in [0.717, 1.165) is 61.9 Å². The Morgan fingerprint density at radius 1 is 1.07 bits per heavy atom. The van der Waals surface area contributed by atoms with Crippen molar-refractivity contribution in [1.29, 1.82) is 0 Å². The molecular weight excluding hydrogens is 581 g/mol. The number of anilines is 2. The molecule has 4 N–H and O–H groups in total. The number of halogens is 3. The number of sulfonamides is 1. The fourth-order valence-corrected chi connectivity index (χ4v) is 6.66. The van der Waals surface area contributed by atoms with Crippen LogP contribution in [0.15, 0.2) is 53.6 Å². The van der Waals surface area contributed by atoms with Gasteiger partial charge in [0.1, 0.15) is 45.2 Å². The number of nitrogens with two attached hydrogens (primary N) is 1. The van der Waals surface area contributed by atoms with Gasteiger partial charge in [0, 0.05) is 23.6 Å². The summed E-state index contributed by atoms with van der Waals surface area (Å²) in [7, 11) is -4.53. The summed E-state index contributed by atoms with van der Waals surface area (Å²) in [5, 5.41) is 3.61. The average Bonchev–Trinajstić information content (AvgIpc) is 3.35. The van der Waals surface area contributed by atoms with Crippen LogP contribution in [0.5, 0.6) is 0 Å². The van der Waals surface area contributed by atoms with E-state index in [9.17, 15) is 12.8 Å². The summed E-state index contributed by atoms with van der Waals surface area (Å²) in [6.45, 7) is 5.32. The maximum Gasteiger partial charge on any atom is 0.264 e. The summed E-state index contributed by atoms with van der Waals surface area (Å²) in [6, 6.07) is 6.91. The maximum absolute atomic E-state index is 15.7. The van der Waals surface area contributed by atoms with E-state index < -0.39 is 38.1 Å². The number of ether oxygens (including phenoxy) is 1. The van der Waals surface area contributed by atoms with Crippen molar-refractivity contribution in [1.82, 2.24) is 19.7 Å². The zero-order chi connectivity index (χ0) is 30.5. The Morgan fingerprint density at radius 2 is 1.84 bits per heavy atom. The van der Waals surface area contributed by atoms with Crippen LogP contribution in [0.25, 0.3) is 22.3 Å². The van der Waals surface area contributed by atoms with E-state index in [-0.39, 0.29) is 23.0 Å². The second-order valence-electron chi connectivity index (χ2n) is 11.1. The second-order valence-corrected chi connectivity index (χ2v) is 12.8. The van der Waals surface area contributed by atoms with Crippen molar-refractivity contribution in [3.05, 3.63) is 77.6 Å². The first-order valence-corrected chi connectivity index (χ1v) is 15.5. The lowest BCUT2D eigenvalue weighted by Gasteiger charge is -2.33. The topological polar surface area (TPSA) is 124 Å². The lowest BCUT2D eigenvalue weighted by atomic mass is 9.92. The van der Waals surface area contributed by atoms with E-state index >= 15 is 8.78 Å². The molecule has 0 spiro atoms. The summed E-state index contributed by atoms with van der Waals surface area (Å²) >= 11 is 0. The highest BCUT2D eigenvalue weighted by molar-refractivity contribution is 7.92. The molecule has 0 saturated carbocycles. The molecule has 3 heterocycles. The van der Waals surface area contributed by atoms with Gasteiger partial charge in [-0.1, -0.05) is 32.1 Å². The molecule has 0 amide bonds. The molecule has 1 aliphatic heterocycles. The normalized spacial score (nSPS) is 17.7. The lowest BCUT2D eigenvalue weighted by Crippen LogP contribution is -2.50. The molecule has 4 aromatic rings. The number of fused-ring (bicyclic) bond motifs is 1. The van der Waals surface area contributed by atoms with Gasteiger partial charge in [-0.15, -0.1) is 0 Å². The van der Waals surface area contributed by atoms with Gasteiger partial charge in [-0.2, -0.15) is 0 Å². The molecule has 226 valence electrons. The number of nitrogen functional groups attached to an aromatic ring is 1. The predicted molar refractivity (Wildman–Crippen MR) is 157 cm³/mol. The van der Waals surface area contributed by atoms with Crippen LogP contribution in [0.4, 0.5) is 24.7 Å². The number of allylic oxidation sites excluding steroid dienone is 1. The number of benzene rings is 2. The van der Waals surface area contributed by atoms with Gasteiger partial charge in [0.25, 0.3) is 10.0 Å². The summed E-state index contributed by atoms with van der Waals surface area (Å²) in [5.74, 6) is -2.48. The van der Waals surface area contributed by atoms with Gasteiger partial charge in [0.05, 0.1) is 36.8 Å². The van der Waals surface area contributed by atoms with Crippen LogP contribution in [0.1, 0.15) is 50.5 Å². The van der Waals surface area contributed by atoms with Gasteiger partial charge in [-0.3, -0.25) is 9.12 Å². The molecule has 2 aromatic heterocycles. The van der Waals surface area contributed by atoms with Gasteiger partial charge in [-0.05, 0) is 43.0 Å². The third-order valence-corrected chi connectivity index (χ3v) is 9.16. The van der Waals surface area contributed by atoms with E-state index in [2.05, 4.69) is 16.4 Å². The van der Waals surface area contributed by atoms with Crippen LogP contribution in [-0.4, -0.2) is 48.1 Å². The number of imidazole rings is 1. The van der Waals surface area contributed by atoms with Crippen LogP contribution in [0.2, 0.25) is 0 Å². The first-order chi connectivity index (χ1) is 20.5. The molecule has 0 bridgehead atoms. The van der Waals surface area contributed by atoms with Crippen LogP contribution in [0.3, 0.4) is 0 Å². The number of hydrogen-bond acceptors (Lipinski definition) is 7. The molecule has 6 rings (SSSR count). The summed E-state index contributed by atoms with van der Waals surface area (Å²) in [4.78, 5) is 8.41. The molecular formula is C30H31F3N6O3S. The van der Waals surface area contributed by atoms with Crippen molar-refractivity contribution >= 4 is 32.6 Å². The largest absolute Gasteiger partial charge is 0.382 e. The molecule has 1 fully saturated rings. The standard InChI is InChI=1S/C30H31F3N6O3S/c1-16(2)30-37-27(20-11-23(33)24(12-22(20)32)38-43(40,41)26-6-4-3-5-21(26)31)28-29(34)35-13-25(39(28)30)17-7-9-18(10-8-17)36-19-14-42-15-19/h3-7,11-13,16,18-19,36,38H,8-10,14-15H2,1-2H3,(H2,34,35)/t18-/m1/s1. The highest BCUT2D eigenvalue weighted by Crippen LogP contribution is 2.38. The van der Waals surface area contributed by atoms with Crippen LogP contribution >= 0.6 is 0 Å². The van der Waals surface area contributed by atoms with Crippen LogP contribution in [-0.2, 0) is 14.8 Å². The van der Waals surface area contributed by atoms with E-state index in [4.69, 9.17) is 15.5 Å². The number of aromatic nitrogens is 3. The molecule has 1 aliphatic carbocycles. The van der Waals surface area contributed by atoms with Crippen molar-refractivity contribution in [3.8, 4) is 11.3 Å². The van der Waals surface area contributed by atoms with Crippen molar-refractivity contribution in [3.63, 3.8) is 0 Å². The predicted octanol–water partition coefficient (Wildman–Crippen LogP) is 5.24. The molecule has 1 atom stereocenters. The Morgan fingerprint density at radius 3 is 2.49 bits per heavy atom. The van der Waals surface area contributed by atoms with Gasteiger partial charge in [0.15, 0.2) is 0 Å². The van der Waals surface area contributed by atoms with Gasteiger partial charge < -0.3 is 15.8 Å². The molecule has 9 nitrogen and oxygen atoms in total. The van der Waals surface area contributed by atoms with E-state index in [1.54, 1.807) is 6.20 Å². The van der Waals surface area contributed by atoms with Crippen molar-refractivity contribution in [2.75, 3.05) is 23.7 Å². The van der Waals surface area contributed by atoms with E-state index in [1.165, 1.54) is 12.1 Å². The van der Waals surface area contributed by atoms with E-state index in [1.807, 2.05) is 23.0 Å². The molecule has 2 aromatic carbocycles. The fraction of sp³-hybridized carbons (Fsp3) is 0.333. The fourth-order valence-electron chi connectivity index (χ4n) is 5.52. The second kappa shape index (κ2) is 11.3. The highest BCUT2D eigenvalue weighted by Gasteiger charge is 2.28. The number of nitrogens with one attached hydrogen (secondary N) is 2. The SMILES string of the molecule is CC(C)c1nc(-c2cc(F)c(NS(=O)(=O)c3ccccc3F)cc2F)c2c(N)ncc(C3=CC[C@@H](NC4COC4)CC3)n12. The Hall–Kier alpha value is -3.94. The van der Waals surface area contributed by atoms with Gasteiger partial charge in [-0.25, -0.2) is 31.6 Å². The van der Waals surface area contributed by atoms with Crippen molar-refractivity contribution in [2.45, 2.75) is 56.0 Å². The van der Waals surface area contributed by atoms with Crippen molar-refractivity contribution < 1.29 is 26.3 Å². The minimum atomic E-state index is -4.53. The monoisotopic (exact) mass is 612 g/mol. The Labute approximate surface area is 247 Å². The third kappa shape index (κ3) is 5.48. The minimum Gasteiger partial charge on any atom is -0.382 e. The molecule has 13 heteroatoms. The lowest BCUT2D eigenvalue weighted by molar-refractivity contribution is -0.0103. The number of hydrogen-bond donors (Lipinski definition) is 3. The molecule has 2 aliphatic rings. The Balaban J connectivity index is 1.39. The summed E-state index contributed by atoms with van der Waals surface area (Å²) < 4.78 is 79.7. The molecule has 0 radical (unpaired) electrons. The van der Waals surface area contributed by atoms with Gasteiger partial charge >= 0.3 is 0 Å². The summed E-state index contributed by atoms with van der Waals surface area (Å²) in [5.41, 5.74) is 7.67. The quantitative estimate of drug-likeness (QED) is 0.249. The van der Waals surface area contributed by atoms with Crippen LogP contribution < -0.4 is 15.8 Å². The zero-order valence-electron chi connectivity index (χ0n) is 23.6. The number of nitrogens with zero attached hydrogens (tertiary/aromatic N) is 3. The van der Waals surface area contributed by atoms with Crippen LogP contribution in [0, 0.1) is 17.5 Å².